The monoisotopic (exact) mass is 305 g/mol. The van der Waals surface area contributed by atoms with Gasteiger partial charge in [-0.25, -0.2) is 0 Å². The van der Waals surface area contributed by atoms with Crippen LogP contribution in [0, 0.1) is 6.92 Å². The van der Waals surface area contributed by atoms with Gasteiger partial charge in [0.2, 0.25) is 11.0 Å². The SMILES string of the molecule is Cc1nnc(NC(=O)CCCOCCc2ccccc2)s1. The predicted molar refractivity (Wildman–Crippen MR) is 83.5 cm³/mol. The fourth-order valence-corrected chi connectivity index (χ4v) is 2.41. The van der Waals surface area contributed by atoms with E-state index in [1.54, 1.807) is 0 Å². The van der Waals surface area contributed by atoms with E-state index in [2.05, 4.69) is 27.6 Å². The van der Waals surface area contributed by atoms with Crippen LogP contribution >= 0.6 is 11.3 Å². The van der Waals surface area contributed by atoms with Crippen molar-refractivity contribution in [2.45, 2.75) is 26.2 Å². The van der Waals surface area contributed by atoms with Crippen LogP contribution in [0.5, 0.6) is 0 Å². The zero-order chi connectivity index (χ0) is 14.9. The van der Waals surface area contributed by atoms with Gasteiger partial charge < -0.3 is 10.1 Å². The van der Waals surface area contributed by atoms with Crippen LogP contribution in [0.4, 0.5) is 5.13 Å². The van der Waals surface area contributed by atoms with Gasteiger partial charge in [-0.05, 0) is 25.3 Å². The zero-order valence-electron chi connectivity index (χ0n) is 12.0. The zero-order valence-corrected chi connectivity index (χ0v) is 12.9. The highest BCUT2D eigenvalue weighted by atomic mass is 32.1. The summed E-state index contributed by atoms with van der Waals surface area (Å²) >= 11 is 1.38. The third kappa shape index (κ3) is 6.01. The second kappa shape index (κ2) is 8.49. The first-order valence-corrected chi connectivity index (χ1v) is 7.77. The van der Waals surface area contributed by atoms with E-state index in [9.17, 15) is 4.79 Å². The molecule has 1 aromatic carbocycles. The number of nitrogens with one attached hydrogen (secondary N) is 1. The van der Waals surface area contributed by atoms with Crippen molar-refractivity contribution in [2.24, 2.45) is 0 Å². The summed E-state index contributed by atoms with van der Waals surface area (Å²) in [7, 11) is 0. The molecule has 2 rings (SSSR count). The summed E-state index contributed by atoms with van der Waals surface area (Å²) < 4.78 is 5.54. The first-order chi connectivity index (χ1) is 10.2. The Morgan fingerprint density at radius 1 is 1.24 bits per heavy atom. The Kier molecular flexibility index (Phi) is 6.30. The number of hydrogen-bond donors (Lipinski definition) is 1. The number of anilines is 1. The fraction of sp³-hybridized carbons (Fsp3) is 0.400. The van der Waals surface area contributed by atoms with E-state index in [0.717, 1.165) is 11.4 Å². The minimum atomic E-state index is -0.0437. The highest BCUT2D eigenvalue weighted by Crippen LogP contribution is 2.13. The summed E-state index contributed by atoms with van der Waals surface area (Å²) in [5.41, 5.74) is 1.27. The van der Waals surface area contributed by atoms with Gasteiger partial charge in [0.25, 0.3) is 0 Å². The lowest BCUT2D eigenvalue weighted by atomic mass is 10.2. The van der Waals surface area contributed by atoms with Crippen LogP contribution < -0.4 is 5.32 Å². The Morgan fingerprint density at radius 3 is 2.76 bits per heavy atom. The summed E-state index contributed by atoms with van der Waals surface area (Å²) in [4.78, 5) is 11.6. The third-order valence-corrected chi connectivity index (χ3v) is 3.60. The molecule has 1 N–H and O–H groups in total. The molecule has 1 amide bonds. The first kappa shape index (κ1) is 15.6. The van der Waals surface area contributed by atoms with Crippen molar-refractivity contribution in [3.63, 3.8) is 0 Å². The highest BCUT2D eigenvalue weighted by molar-refractivity contribution is 7.15. The molecule has 0 aliphatic heterocycles. The van der Waals surface area contributed by atoms with Crippen molar-refractivity contribution in [1.82, 2.24) is 10.2 Å². The van der Waals surface area contributed by atoms with Crippen LogP contribution in [0.15, 0.2) is 30.3 Å². The Balaban J connectivity index is 1.52. The molecule has 21 heavy (non-hydrogen) atoms. The van der Waals surface area contributed by atoms with Crippen LogP contribution in [0.2, 0.25) is 0 Å². The van der Waals surface area contributed by atoms with E-state index in [1.807, 2.05) is 25.1 Å². The third-order valence-electron chi connectivity index (χ3n) is 2.84. The van der Waals surface area contributed by atoms with Crippen molar-refractivity contribution < 1.29 is 9.53 Å². The average molecular weight is 305 g/mol. The number of rotatable bonds is 8. The lowest BCUT2D eigenvalue weighted by Crippen LogP contribution is -2.12. The van der Waals surface area contributed by atoms with Gasteiger partial charge in [0.1, 0.15) is 5.01 Å². The molecule has 0 fully saturated rings. The Labute approximate surface area is 128 Å². The second-order valence-electron chi connectivity index (χ2n) is 4.63. The van der Waals surface area contributed by atoms with Gasteiger partial charge in [0.05, 0.1) is 6.61 Å². The number of aromatic nitrogens is 2. The van der Waals surface area contributed by atoms with Gasteiger partial charge in [0, 0.05) is 13.0 Å². The van der Waals surface area contributed by atoms with Crippen LogP contribution in [-0.2, 0) is 16.0 Å². The molecule has 0 unspecified atom stereocenters. The van der Waals surface area contributed by atoms with Gasteiger partial charge in [-0.3, -0.25) is 4.79 Å². The standard InChI is InChI=1S/C15H19N3O2S/c1-12-17-18-15(21-12)16-14(19)8-5-10-20-11-9-13-6-3-2-4-7-13/h2-4,6-7H,5,8-11H2,1H3,(H,16,18,19). The molecular weight excluding hydrogens is 286 g/mol. The number of nitrogens with zero attached hydrogens (tertiary/aromatic N) is 2. The van der Waals surface area contributed by atoms with Crippen LogP contribution in [0.3, 0.4) is 0 Å². The van der Waals surface area contributed by atoms with Crippen molar-refractivity contribution in [2.75, 3.05) is 18.5 Å². The van der Waals surface area contributed by atoms with Crippen molar-refractivity contribution in [3.8, 4) is 0 Å². The maximum Gasteiger partial charge on any atom is 0.226 e. The molecule has 0 bridgehead atoms. The topological polar surface area (TPSA) is 64.1 Å². The molecule has 0 spiro atoms. The normalized spacial score (nSPS) is 10.5. The van der Waals surface area contributed by atoms with E-state index in [0.29, 0.717) is 31.2 Å². The van der Waals surface area contributed by atoms with Crippen LogP contribution in [0.1, 0.15) is 23.4 Å². The van der Waals surface area contributed by atoms with E-state index < -0.39 is 0 Å². The number of benzene rings is 1. The minimum Gasteiger partial charge on any atom is -0.381 e. The molecule has 0 aliphatic rings. The summed E-state index contributed by atoms with van der Waals surface area (Å²) in [6.07, 6.45) is 2.04. The number of carbonyl (C=O) groups is 1. The minimum absolute atomic E-state index is 0.0437. The van der Waals surface area contributed by atoms with E-state index in [1.165, 1.54) is 16.9 Å². The Morgan fingerprint density at radius 2 is 2.05 bits per heavy atom. The first-order valence-electron chi connectivity index (χ1n) is 6.95. The van der Waals surface area contributed by atoms with Crippen molar-refractivity contribution >= 4 is 22.4 Å². The molecule has 0 saturated carbocycles. The lowest BCUT2D eigenvalue weighted by molar-refractivity contribution is -0.116. The van der Waals surface area contributed by atoms with Crippen molar-refractivity contribution in [3.05, 3.63) is 40.9 Å². The molecule has 1 aromatic heterocycles. The van der Waals surface area contributed by atoms with E-state index >= 15 is 0 Å². The number of carbonyl (C=O) groups excluding carboxylic acids is 1. The largest absolute Gasteiger partial charge is 0.381 e. The van der Waals surface area contributed by atoms with Crippen LogP contribution in [-0.4, -0.2) is 29.3 Å². The molecule has 1 heterocycles. The molecule has 0 saturated heterocycles. The molecule has 5 nitrogen and oxygen atoms in total. The van der Waals surface area contributed by atoms with Gasteiger partial charge >= 0.3 is 0 Å². The maximum atomic E-state index is 11.6. The fourth-order valence-electron chi connectivity index (χ4n) is 1.80. The van der Waals surface area contributed by atoms with Gasteiger partial charge in [-0.15, -0.1) is 10.2 Å². The van der Waals surface area contributed by atoms with Crippen LogP contribution in [0.25, 0.3) is 0 Å². The molecule has 0 atom stereocenters. The van der Waals surface area contributed by atoms with Gasteiger partial charge in [-0.1, -0.05) is 41.7 Å². The summed E-state index contributed by atoms with van der Waals surface area (Å²) in [6.45, 7) is 3.13. The number of ether oxygens (including phenoxy) is 1. The summed E-state index contributed by atoms with van der Waals surface area (Å²) in [6, 6.07) is 10.2. The molecule has 2 aromatic rings. The van der Waals surface area contributed by atoms with Gasteiger partial charge in [-0.2, -0.15) is 0 Å². The number of amides is 1. The quantitative estimate of drug-likeness (QED) is 0.762. The number of aryl methyl sites for hydroxylation is 1. The highest BCUT2D eigenvalue weighted by Gasteiger charge is 2.05. The summed E-state index contributed by atoms with van der Waals surface area (Å²) in [5, 5.41) is 11.8. The molecule has 6 heteroatoms. The average Bonchev–Trinajstić information content (AvgIpc) is 2.89. The number of hydrogen-bond acceptors (Lipinski definition) is 5. The molecule has 0 aliphatic carbocycles. The van der Waals surface area contributed by atoms with Crippen molar-refractivity contribution in [1.29, 1.82) is 0 Å². The maximum absolute atomic E-state index is 11.6. The van der Waals surface area contributed by atoms with E-state index in [4.69, 9.17) is 4.74 Å². The predicted octanol–water partition coefficient (Wildman–Crippen LogP) is 2.82. The molecule has 112 valence electrons. The summed E-state index contributed by atoms with van der Waals surface area (Å²) in [5.74, 6) is -0.0437. The van der Waals surface area contributed by atoms with E-state index in [-0.39, 0.29) is 5.91 Å². The Bertz CT molecular complexity index is 557. The Hall–Kier alpha value is -1.79. The smallest absolute Gasteiger partial charge is 0.226 e. The molecule has 0 radical (unpaired) electrons. The second-order valence-corrected chi connectivity index (χ2v) is 5.81. The molecular formula is C15H19N3O2S. The van der Waals surface area contributed by atoms with Gasteiger partial charge in [0.15, 0.2) is 0 Å². The lowest BCUT2D eigenvalue weighted by Gasteiger charge is -2.04.